The highest BCUT2D eigenvalue weighted by atomic mass is 16.4. The molecule has 2 aromatic carbocycles. The summed E-state index contributed by atoms with van der Waals surface area (Å²) in [4.78, 5) is 46.7. The van der Waals surface area contributed by atoms with E-state index in [9.17, 15) is 19.5 Å². The maximum absolute atomic E-state index is 13.9. The molecule has 3 aliphatic heterocycles. The maximum Gasteiger partial charge on any atom is 0.321 e. The third kappa shape index (κ3) is 6.19. The average Bonchev–Trinajstić information content (AvgIpc) is 3.39. The van der Waals surface area contributed by atoms with Crippen LogP contribution in [0.5, 0.6) is 0 Å². The summed E-state index contributed by atoms with van der Waals surface area (Å²) >= 11 is 0. The number of hydrogen-bond acceptors (Lipinski definition) is 4. The third-order valence-corrected chi connectivity index (χ3v) is 10.1. The van der Waals surface area contributed by atoms with Crippen molar-refractivity contribution in [1.29, 1.82) is 0 Å². The molecule has 3 heterocycles. The Balaban J connectivity index is 1.05. The lowest BCUT2D eigenvalue weighted by Gasteiger charge is -2.39. The predicted molar refractivity (Wildman–Crippen MR) is 161 cm³/mol. The van der Waals surface area contributed by atoms with E-state index in [1.807, 2.05) is 24.3 Å². The van der Waals surface area contributed by atoms with Crippen LogP contribution in [0.2, 0.25) is 0 Å². The van der Waals surface area contributed by atoms with E-state index >= 15 is 0 Å². The Kier molecular flexibility index (Phi) is 8.79. The minimum absolute atomic E-state index is 0.0169. The van der Waals surface area contributed by atoms with Crippen LogP contribution in [-0.2, 0) is 11.3 Å². The van der Waals surface area contributed by atoms with E-state index in [4.69, 9.17) is 0 Å². The van der Waals surface area contributed by atoms with Crippen molar-refractivity contribution in [2.24, 2.45) is 5.92 Å². The molecule has 224 valence electrons. The van der Waals surface area contributed by atoms with Crippen LogP contribution in [0.25, 0.3) is 0 Å². The van der Waals surface area contributed by atoms with Crippen molar-refractivity contribution >= 4 is 17.9 Å². The molecule has 3 saturated heterocycles. The maximum atomic E-state index is 13.9. The summed E-state index contributed by atoms with van der Waals surface area (Å²) in [6.07, 6.45) is 8.97. The number of nitrogens with zero attached hydrogens (tertiary/aromatic N) is 4. The Hall–Kier alpha value is -3.39. The van der Waals surface area contributed by atoms with Gasteiger partial charge in [0.2, 0.25) is 0 Å². The summed E-state index contributed by atoms with van der Waals surface area (Å²) in [7, 11) is 0. The van der Waals surface area contributed by atoms with Crippen LogP contribution < -0.4 is 0 Å². The lowest BCUT2D eigenvalue weighted by atomic mass is 9.94. The van der Waals surface area contributed by atoms with Crippen LogP contribution in [-0.4, -0.2) is 87.4 Å². The molecule has 0 aromatic heterocycles. The standard InChI is InChI=1S/C34H44N4O4/c39-32(36-21-15-28(16-22-36)33(40)41)27-13-11-25(12-14-27)23-35-19-17-30(18-20-35)38-31(26-7-3-1-4-8-26)24-37(34(38)42)29-9-5-2-6-10-29/h1,3-4,7-8,11-14,28-31H,2,5-6,9-10,15-24H2,(H,40,41)/t31-/m0/s1. The van der Waals surface area contributed by atoms with Gasteiger partial charge in [0.1, 0.15) is 0 Å². The van der Waals surface area contributed by atoms with Gasteiger partial charge in [0.15, 0.2) is 0 Å². The van der Waals surface area contributed by atoms with Gasteiger partial charge in [0, 0.05) is 56.9 Å². The molecule has 0 spiro atoms. The molecule has 2 aromatic rings. The molecule has 1 aliphatic carbocycles. The summed E-state index contributed by atoms with van der Waals surface area (Å²) in [5.41, 5.74) is 3.08. The van der Waals surface area contributed by atoms with Crippen LogP contribution in [0.3, 0.4) is 0 Å². The molecule has 1 saturated carbocycles. The Labute approximate surface area is 249 Å². The normalized spacial score (nSPS) is 23.5. The molecule has 0 radical (unpaired) electrons. The summed E-state index contributed by atoms with van der Waals surface area (Å²) < 4.78 is 0. The van der Waals surface area contributed by atoms with E-state index in [0.717, 1.165) is 51.9 Å². The molecule has 42 heavy (non-hydrogen) atoms. The van der Waals surface area contributed by atoms with Crippen LogP contribution in [0.4, 0.5) is 4.79 Å². The molecule has 4 fully saturated rings. The number of piperidine rings is 2. The Morgan fingerprint density at radius 3 is 2.07 bits per heavy atom. The molecular weight excluding hydrogens is 528 g/mol. The van der Waals surface area contributed by atoms with Crippen LogP contribution >= 0.6 is 0 Å². The molecule has 1 atom stereocenters. The molecule has 0 bridgehead atoms. The zero-order chi connectivity index (χ0) is 29.1. The van der Waals surface area contributed by atoms with Gasteiger partial charge in [-0.2, -0.15) is 0 Å². The second kappa shape index (κ2) is 12.9. The van der Waals surface area contributed by atoms with Crippen molar-refractivity contribution in [2.45, 2.75) is 82.5 Å². The third-order valence-electron chi connectivity index (χ3n) is 10.1. The topological polar surface area (TPSA) is 84.4 Å². The van der Waals surface area contributed by atoms with Crippen molar-refractivity contribution in [3.8, 4) is 0 Å². The number of carbonyl (C=O) groups excluding carboxylic acids is 2. The summed E-state index contributed by atoms with van der Waals surface area (Å²) in [5.74, 6) is -1.12. The van der Waals surface area contributed by atoms with Gasteiger partial charge in [-0.15, -0.1) is 0 Å². The van der Waals surface area contributed by atoms with Crippen molar-refractivity contribution < 1.29 is 19.5 Å². The van der Waals surface area contributed by atoms with Gasteiger partial charge in [0.05, 0.1) is 12.0 Å². The smallest absolute Gasteiger partial charge is 0.321 e. The zero-order valence-corrected chi connectivity index (χ0v) is 24.6. The second-order valence-corrected chi connectivity index (χ2v) is 12.7. The Morgan fingerprint density at radius 1 is 0.762 bits per heavy atom. The first-order chi connectivity index (χ1) is 20.5. The number of aliphatic carboxylic acids is 1. The van der Waals surface area contributed by atoms with Gasteiger partial charge in [-0.3, -0.25) is 14.5 Å². The summed E-state index contributed by atoms with van der Waals surface area (Å²) in [6, 6.07) is 19.5. The second-order valence-electron chi connectivity index (χ2n) is 12.7. The van der Waals surface area contributed by atoms with E-state index in [-0.39, 0.29) is 29.9 Å². The number of carboxylic acids is 1. The van der Waals surface area contributed by atoms with Gasteiger partial charge in [0.25, 0.3) is 5.91 Å². The number of benzene rings is 2. The number of rotatable bonds is 7. The molecule has 6 rings (SSSR count). The monoisotopic (exact) mass is 572 g/mol. The molecule has 8 nitrogen and oxygen atoms in total. The van der Waals surface area contributed by atoms with Crippen molar-refractivity contribution in [3.63, 3.8) is 0 Å². The van der Waals surface area contributed by atoms with Gasteiger partial charge in [-0.05, 0) is 61.8 Å². The van der Waals surface area contributed by atoms with E-state index < -0.39 is 5.97 Å². The molecule has 0 unspecified atom stereocenters. The Morgan fingerprint density at radius 2 is 1.43 bits per heavy atom. The number of amides is 3. The fourth-order valence-electron chi connectivity index (χ4n) is 7.56. The molecular formula is C34H44N4O4. The molecule has 8 heteroatoms. The lowest BCUT2D eigenvalue weighted by Crippen LogP contribution is -2.48. The highest BCUT2D eigenvalue weighted by molar-refractivity contribution is 5.94. The highest BCUT2D eigenvalue weighted by Gasteiger charge is 2.45. The average molecular weight is 573 g/mol. The number of hydrogen-bond donors (Lipinski definition) is 1. The Bertz CT molecular complexity index is 1230. The van der Waals surface area contributed by atoms with Crippen LogP contribution in [0.15, 0.2) is 54.6 Å². The fraction of sp³-hybridized carbons (Fsp3) is 0.559. The van der Waals surface area contributed by atoms with E-state index in [2.05, 4.69) is 45.0 Å². The van der Waals surface area contributed by atoms with Gasteiger partial charge < -0.3 is 19.8 Å². The summed E-state index contributed by atoms with van der Waals surface area (Å²) in [5, 5.41) is 9.22. The molecule has 4 aliphatic rings. The zero-order valence-electron chi connectivity index (χ0n) is 24.6. The predicted octanol–water partition coefficient (Wildman–Crippen LogP) is 5.40. The van der Waals surface area contributed by atoms with E-state index in [1.54, 1.807) is 4.90 Å². The van der Waals surface area contributed by atoms with Crippen molar-refractivity contribution in [2.75, 3.05) is 32.7 Å². The van der Waals surface area contributed by atoms with Gasteiger partial charge in [-0.1, -0.05) is 61.7 Å². The van der Waals surface area contributed by atoms with E-state index in [0.29, 0.717) is 37.5 Å². The first kappa shape index (κ1) is 28.7. The van der Waals surface area contributed by atoms with Gasteiger partial charge >= 0.3 is 12.0 Å². The minimum atomic E-state index is -0.764. The van der Waals surface area contributed by atoms with E-state index in [1.165, 1.54) is 30.4 Å². The van der Waals surface area contributed by atoms with Gasteiger partial charge in [-0.25, -0.2) is 4.79 Å². The number of carboxylic acid groups (broad SMARTS) is 1. The van der Waals surface area contributed by atoms with Crippen LogP contribution in [0.1, 0.15) is 85.3 Å². The molecule has 3 amide bonds. The number of likely N-dealkylation sites (tertiary alicyclic amines) is 2. The van der Waals surface area contributed by atoms with Crippen molar-refractivity contribution in [3.05, 3.63) is 71.3 Å². The number of urea groups is 1. The highest BCUT2D eigenvalue weighted by Crippen LogP contribution is 2.38. The SMILES string of the molecule is O=C(O)C1CCN(C(=O)c2ccc(CN3CCC(N4C(=O)N(C5CCCCC5)C[C@H]4c4ccccc4)CC3)cc2)CC1. The lowest BCUT2D eigenvalue weighted by molar-refractivity contribution is -0.143. The minimum Gasteiger partial charge on any atom is -0.481 e. The quantitative estimate of drug-likeness (QED) is 0.480. The van der Waals surface area contributed by atoms with Crippen molar-refractivity contribution in [1.82, 2.24) is 19.6 Å². The van der Waals surface area contributed by atoms with Crippen LogP contribution in [0, 0.1) is 5.92 Å². The fourth-order valence-corrected chi connectivity index (χ4v) is 7.56. The largest absolute Gasteiger partial charge is 0.481 e. The first-order valence-corrected chi connectivity index (χ1v) is 15.9. The number of carbonyl (C=O) groups is 3. The first-order valence-electron chi connectivity index (χ1n) is 15.9. The summed E-state index contributed by atoms with van der Waals surface area (Å²) in [6.45, 7) is 4.51. The molecule has 1 N–H and O–H groups in total.